The van der Waals surface area contributed by atoms with E-state index in [0.717, 1.165) is 16.8 Å². The number of benzene rings is 2. The highest BCUT2D eigenvalue weighted by molar-refractivity contribution is 6.30. The van der Waals surface area contributed by atoms with Gasteiger partial charge < -0.3 is 0 Å². The molecular formula is C20H9ClF7N3. The van der Waals surface area contributed by atoms with Crippen LogP contribution < -0.4 is 0 Å². The van der Waals surface area contributed by atoms with Crippen LogP contribution in [0.2, 0.25) is 5.02 Å². The maximum Gasteiger partial charge on any atom is 0.433 e. The van der Waals surface area contributed by atoms with Crippen LogP contribution in [0.5, 0.6) is 0 Å². The first-order valence-corrected chi connectivity index (χ1v) is 8.93. The lowest BCUT2D eigenvalue weighted by molar-refractivity contribution is -0.144. The normalized spacial score (nSPS) is 12.5. The van der Waals surface area contributed by atoms with E-state index in [0.29, 0.717) is 5.02 Å². The zero-order valence-corrected chi connectivity index (χ0v) is 15.8. The van der Waals surface area contributed by atoms with Crippen LogP contribution in [0.4, 0.5) is 30.7 Å². The highest BCUT2D eigenvalue weighted by atomic mass is 35.5. The van der Waals surface area contributed by atoms with E-state index in [1.807, 2.05) is 0 Å². The molecule has 0 amide bonds. The smallest absolute Gasteiger partial charge is 0.223 e. The summed E-state index contributed by atoms with van der Waals surface area (Å²) in [5.74, 6) is -0.640. The summed E-state index contributed by atoms with van der Waals surface area (Å²) in [6.07, 6.45) is -10.3. The molecule has 4 aromatic rings. The predicted octanol–water partition coefficient (Wildman–Crippen LogP) is 6.92. The van der Waals surface area contributed by atoms with Gasteiger partial charge in [-0.25, -0.2) is 14.1 Å². The van der Waals surface area contributed by atoms with Crippen LogP contribution in [0.25, 0.3) is 28.0 Å². The van der Waals surface area contributed by atoms with E-state index in [2.05, 4.69) is 10.1 Å². The number of halogens is 8. The summed E-state index contributed by atoms with van der Waals surface area (Å²) >= 11 is 5.83. The Balaban J connectivity index is 2.14. The van der Waals surface area contributed by atoms with E-state index in [9.17, 15) is 30.7 Å². The summed E-state index contributed by atoms with van der Waals surface area (Å²) < 4.78 is 95.6. The number of hydrogen-bond acceptors (Lipinski definition) is 2. The van der Waals surface area contributed by atoms with Crippen LogP contribution in [0.3, 0.4) is 0 Å². The first kappa shape index (κ1) is 21.1. The van der Waals surface area contributed by atoms with Gasteiger partial charge in [-0.2, -0.15) is 31.4 Å². The van der Waals surface area contributed by atoms with E-state index in [1.165, 1.54) is 36.4 Å². The van der Waals surface area contributed by atoms with Gasteiger partial charge in [0.15, 0.2) is 5.65 Å². The summed E-state index contributed by atoms with van der Waals surface area (Å²) in [6, 6.07) is 9.88. The molecule has 4 rings (SSSR count). The van der Waals surface area contributed by atoms with Crippen LogP contribution in [-0.4, -0.2) is 14.8 Å². The van der Waals surface area contributed by atoms with Crippen molar-refractivity contribution in [3.05, 3.63) is 76.7 Å². The maximum atomic E-state index is 13.8. The lowest BCUT2D eigenvalue weighted by atomic mass is 10.0. The van der Waals surface area contributed by atoms with Gasteiger partial charge in [-0.3, -0.25) is 0 Å². The Hall–Kier alpha value is -3.14. The fourth-order valence-corrected chi connectivity index (χ4v) is 3.18. The Kier molecular flexibility index (Phi) is 4.92. The van der Waals surface area contributed by atoms with E-state index in [-0.39, 0.29) is 23.0 Å². The molecule has 0 radical (unpaired) electrons. The molecule has 2 aromatic carbocycles. The van der Waals surface area contributed by atoms with E-state index < -0.39 is 40.5 Å². The van der Waals surface area contributed by atoms with Crippen LogP contribution >= 0.6 is 11.6 Å². The average Bonchev–Trinajstić information content (AvgIpc) is 3.06. The first-order chi connectivity index (χ1) is 14.4. The summed E-state index contributed by atoms with van der Waals surface area (Å²) in [7, 11) is 0. The third kappa shape index (κ3) is 3.95. The molecule has 11 heteroatoms. The Morgan fingerprint density at radius 3 is 1.97 bits per heavy atom. The summed E-state index contributed by atoms with van der Waals surface area (Å²) in [5, 5.41) is 3.78. The summed E-state index contributed by atoms with van der Waals surface area (Å²) in [5.41, 5.74) is -3.99. The predicted molar refractivity (Wildman–Crippen MR) is 99.3 cm³/mol. The SMILES string of the molecule is Fc1ccc(-c2nn(-c3ccc(Cl)cc3)c3nc(C(F)(F)F)cc(C(F)(F)F)c23)cc1. The molecule has 0 aliphatic rings. The molecule has 0 atom stereocenters. The van der Waals surface area contributed by atoms with Crippen LogP contribution in [-0.2, 0) is 12.4 Å². The van der Waals surface area contributed by atoms with Gasteiger partial charge in [-0.05, 0) is 54.6 Å². The lowest BCUT2D eigenvalue weighted by Crippen LogP contribution is -2.14. The van der Waals surface area contributed by atoms with Crippen molar-refractivity contribution in [1.82, 2.24) is 14.8 Å². The van der Waals surface area contributed by atoms with Crippen molar-refractivity contribution in [2.75, 3.05) is 0 Å². The molecule has 2 heterocycles. The highest BCUT2D eigenvalue weighted by Gasteiger charge is 2.41. The molecule has 0 spiro atoms. The monoisotopic (exact) mass is 459 g/mol. The molecule has 160 valence electrons. The molecule has 0 aliphatic carbocycles. The number of nitrogens with zero attached hydrogens (tertiary/aromatic N) is 3. The number of alkyl halides is 6. The molecule has 0 unspecified atom stereocenters. The Labute approximate surface area is 174 Å². The molecule has 0 N–H and O–H groups in total. The van der Waals surface area contributed by atoms with Crippen LogP contribution in [0.1, 0.15) is 11.3 Å². The van der Waals surface area contributed by atoms with Crippen LogP contribution in [0, 0.1) is 5.82 Å². The van der Waals surface area contributed by atoms with E-state index in [4.69, 9.17) is 11.6 Å². The van der Waals surface area contributed by atoms with Crippen LogP contribution in [0.15, 0.2) is 54.6 Å². The second-order valence-electron chi connectivity index (χ2n) is 6.49. The minimum Gasteiger partial charge on any atom is -0.223 e. The van der Waals surface area contributed by atoms with Crippen molar-refractivity contribution in [1.29, 1.82) is 0 Å². The zero-order valence-electron chi connectivity index (χ0n) is 15.1. The molecular weight excluding hydrogens is 451 g/mol. The lowest BCUT2D eigenvalue weighted by Gasteiger charge is -2.13. The Morgan fingerprint density at radius 2 is 1.42 bits per heavy atom. The fraction of sp³-hybridized carbons (Fsp3) is 0.100. The van der Waals surface area contributed by atoms with Gasteiger partial charge in [0.2, 0.25) is 0 Å². The molecule has 0 bridgehead atoms. The topological polar surface area (TPSA) is 30.7 Å². The molecule has 0 saturated heterocycles. The molecule has 31 heavy (non-hydrogen) atoms. The van der Waals surface area contributed by atoms with Gasteiger partial charge in [0.05, 0.1) is 16.6 Å². The van der Waals surface area contributed by atoms with Crippen molar-refractivity contribution in [3.63, 3.8) is 0 Å². The number of pyridine rings is 1. The summed E-state index contributed by atoms with van der Waals surface area (Å²) in [6.45, 7) is 0. The summed E-state index contributed by atoms with van der Waals surface area (Å²) in [4.78, 5) is 3.45. The standard InChI is InChI=1S/C20H9ClF7N3/c21-11-3-7-13(8-4-11)31-18-16(17(30-31)10-1-5-12(22)6-2-10)14(19(23,24)25)9-15(29-18)20(26,27)28/h1-9H. The van der Waals surface area contributed by atoms with Crippen molar-refractivity contribution in [3.8, 4) is 16.9 Å². The van der Waals surface area contributed by atoms with Gasteiger partial charge in [0.25, 0.3) is 0 Å². The fourth-order valence-electron chi connectivity index (χ4n) is 3.06. The Morgan fingerprint density at radius 1 is 0.806 bits per heavy atom. The number of rotatable bonds is 2. The number of fused-ring (bicyclic) bond motifs is 1. The average molecular weight is 460 g/mol. The van der Waals surface area contributed by atoms with E-state index in [1.54, 1.807) is 0 Å². The maximum absolute atomic E-state index is 13.8. The van der Waals surface area contributed by atoms with Gasteiger partial charge in [0.1, 0.15) is 17.2 Å². The van der Waals surface area contributed by atoms with Gasteiger partial charge in [0, 0.05) is 10.6 Å². The molecule has 0 fully saturated rings. The first-order valence-electron chi connectivity index (χ1n) is 8.55. The van der Waals surface area contributed by atoms with Crippen molar-refractivity contribution >= 4 is 22.6 Å². The van der Waals surface area contributed by atoms with Crippen molar-refractivity contribution in [2.45, 2.75) is 12.4 Å². The zero-order chi connectivity index (χ0) is 22.6. The minimum absolute atomic E-state index is 0.0523. The molecule has 2 aromatic heterocycles. The van der Waals surface area contributed by atoms with Crippen molar-refractivity contribution < 1.29 is 30.7 Å². The number of aromatic nitrogens is 3. The third-order valence-electron chi connectivity index (χ3n) is 4.42. The molecule has 0 saturated carbocycles. The largest absolute Gasteiger partial charge is 0.433 e. The Bertz CT molecular complexity index is 1260. The van der Waals surface area contributed by atoms with E-state index >= 15 is 0 Å². The van der Waals surface area contributed by atoms with Gasteiger partial charge in [-0.1, -0.05) is 11.6 Å². The van der Waals surface area contributed by atoms with Gasteiger partial charge in [-0.15, -0.1) is 0 Å². The third-order valence-corrected chi connectivity index (χ3v) is 4.67. The molecule has 3 nitrogen and oxygen atoms in total. The van der Waals surface area contributed by atoms with Crippen molar-refractivity contribution in [2.24, 2.45) is 0 Å². The quantitative estimate of drug-likeness (QED) is 0.305. The molecule has 0 aliphatic heterocycles. The second-order valence-corrected chi connectivity index (χ2v) is 6.93. The van der Waals surface area contributed by atoms with Gasteiger partial charge >= 0.3 is 12.4 Å². The highest BCUT2D eigenvalue weighted by Crippen LogP contribution is 2.42. The minimum atomic E-state index is -5.14. The second kappa shape index (κ2) is 7.23. The number of hydrogen-bond donors (Lipinski definition) is 0.